The fourth-order valence-electron chi connectivity index (χ4n) is 1.54. The Labute approximate surface area is 84.4 Å². The molecule has 1 aliphatic rings. The average Bonchev–Trinajstić information content (AvgIpc) is 2.05. The van der Waals surface area contributed by atoms with Crippen molar-refractivity contribution in [1.29, 1.82) is 0 Å². The molecule has 1 amide bonds. The van der Waals surface area contributed by atoms with Crippen LogP contribution in [0.5, 0.6) is 0 Å². The Hall–Kier alpha value is -0.320. The summed E-state index contributed by atoms with van der Waals surface area (Å²) in [4.78, 5) is 10.6. The lowest BCUT2D eigenvalue weighted by molar-refractivity contribution is -0.118. The topological polar surface area (TPSA) is 78.3 Å². The predicted molar refractivity (Wildman–Crippen MR) is 52.6 cm³/mol. The second kappa shape index (κ2) is 6.18. The van der Waals surface area contributed by atoms with Crippen molar-refractivity contribution < 1.29 is 9.53 Å². The molecule has 4 N–H and O–H groups in total. The van der Waals surface area contributed by atoms with Gasteiger partial charge in [-0.1, -0.05) is 0 Å². The minimum absolute atomic E-state index is 0. The maximum absolute atomic E-state index is 10.6. The third-order valence-electron chi connectivity index (χ3n) is 2.31. The minimum atomic E-state index is -0.311. The van der Waals surface area contributed by atoms with Gasteiger partial charge in [0.1, 0.15) is 0 Å². The monoisotopic (exact) mass is 208 g/mol. The van der Waals surface area contributed by atoms with Crippen LogP contribution >= 0.6 is 12.4 Å². The summed E-state index contributed by atoms with van der Waals surface area (Å²) in [6.45, 7) is 1.52. The molecule has 0 bridgehead atoms. The zero-order valence-corrected chi connectivity index (χ0v) is 8.39. The van der Waals surface area contributed by atoms with E-state index in [2.05, 4.69) is 0 Å². The number of hydrogen-bond donors (Lipinski definition) is 2. The lowest BCUT2D eigenvalue weighted by Gasteiger charge is -2.26. The van der Waals surface area contributed by atoms with Gasteiger partial charge in [-0.05, 0) is 18.8 Å². The van der Waals surface area contributed by atoms with Gasteiger partial charge in [0, 0.05) is 25.7 Å². The Bertz CT molecular complexity index is 160. The smallest absolute Gasteiger partial charge is 0.218 e. The first-order chi connectivity index (χ1) is 5.70. The fraction of sp³-hybridized carbons (Fsp3) is 0.875. The standard InChI is InChI=1S/C8H16N2O2.ClH/c9-7(5-8(10)11)6-1-3-12-4-2-6;/h6-7H,1-5,9H2,(H2,10,11);1H. The van der Waals surface area contributed by atoms with Crippen LogP contribution in [0.3, 0.4) is 0 Å². The number of ether oxygens (including phenoxy) is 1. The van der Waals surface area contributed by atoms with Gasteiger partial charge < -0.3 is 16.2 Å². The van der Waals surface area contributed by atoms with E-state index in [1.54, 1.807) is 0 Å². The van der Waals surface area contributed by atoms with Gasteiger partial charge in [-0.15, -0.1) is 12.4 Å². The van der Waals surface area contributed by atoms with E-state index in [0.29, 0.717) is 12.3 Å². The zero-order valence-electron chi connectivity index (χ0n) is 7.57. The second-order valence-electron chi connectivity index (χ2n) is 3.28. The Balaban J connectivity index is 0.00000144. The number of primary amides is 1. The van der Waals surface area contributed by atoms with Crippen molar-refractivity contribution in [3.8, 4) is 0 Å². The highest BCUT2D eigenvalue weighted by Crippen LogP contribution is 2.18. The Morgan fingerprint density at radius 2 is 2.00 bits per heavy atom. The summed E-state index contributed by atoms with van der Waals surface area (Å²) < 4.78 is 5.18. The summed E-state index contributed by atoms with van der Waals surface area (Å²) in [6.07, 6.45) is 2.20. The lowest BCUT2D eigenvalue weighted by atomic mass is 9.90. The highest BCUT2D eigenvalue weighted by molar-refractivity contribution is 5.85. The van der Waals surface area contributed by atoms with Crippen LogP contribution in [-0.4, -0.2) is 25.2 Å². The Morgan fingerprint density at radius 1 is 1.46 bits per heavy atom. The largest absolute Gasteiger partial charge is 0.381 e. The molecule has 78 valence electrons. The summed E-state index contributed by atoms with van der Waals surface area (Å²) in [5, 5.41) is 0. The maximum Gasteiger partial charge on any atom is 0.218 e. The molecule has 1 fully saturated rings. The van der Waals surface area contributed by atoms with Gasteiger partial charge >= 0.3 is 0 Å². The van der Waals surface area contributed by atoms with Crippen molar-refractivity contribution >= 4 is 18.3 Å². The third-order valence-corrected chi connectivity index (χ3v) is 2.31. The molecule has 1 heterocycles. The molecule has 0 saturated carbocycles. The van der Waals surface area contributed by atoms with Crippen LogP contribution in [0.2, 0.25) is 0 Å². The highest BCUT2D eigenvalue weighted by Gasteiger charge is 2.21. The van der Waals surface area contributed by atoms with E-state index in [1.165, 1.54) is 0 Å². The van der Waals surface area contributed by atoms with Crippen LogP contribution in [0.1, 0.15) is 19.3 Å². The molecule has 1 atom stereocenters. The SMILES string of the molecule is Cl.NC(=O)CC(N)C1CCOCC1. The van der Waals surface area contributed by atoms with Crippen LogP contribution in [0, 0.1) is 5.92 Å². The molecule has 1 saturated heterocycles. The number of rotatable bonds is 3. The van der Waals surface area contributed by atoms with Crippen molar-refractivity contribution in [3.63, 3.8) is 0 Å². The van der Waals surface area contributed by atoms with Crippen molar-refractivity contribution in [2.45, 2.75) is 25.3 Å². The van der Waals surface area contributed by atoms with E-state index in [9.17, 15) is 4.79 Å². The number of halogens is 1. The van der Waals surface area contributed by atoms with Crippen LogP contribution < -0.4 is 11.5 Å². The van der Waals surface area contributed by atoms with E-state index in [-0.39, 0.29) is 24.4 Å². The normalized spacial score (nSPS) is 20.4. The quantitative estimate of drug-likeness (QED) is 0.688. The first kappa shape index (κ1) is 12.7. The average molecular weight is 209 g/mol. The molecule has 1 rings (SSSR count). The van der Waals surface area contributed by atoms with E-state index < -0.39 is 0 Å². The van der Waals surface area contributed by atoms with Gasteiger partial charge in [-0.2, -0.15) is 0 Å². The van der Waals surface area contributed by atoms with Crippen molar-refractivity contribution in [2.75, 3.05) is 13.2 Å². The number of nitrogens with two attached hydrogens (primary N) is 2. The molecule has 4 nitrogen and oxygen atoms in total. The van der Waals surface area contributed by atoms with Crippen LogP contribution in [-0.2, 0) is 9.53 Å². The first-order valence-electron chi connectivity index (χ1n) is 4.32. The number of hydrogen-bond acceptors (Lipinski definition) is 3. The van der Waals surface area contributed by atoms with Gasteiger partial charge in [-0.3, -0.25) is 4.79 Å². The molecule has 0 aliphatic carbocycles. The van der Waals surface area contributed by atoms with Gasteiger partial charge in [0.2, 0.25) is 5.91 Å². The summed E-state index contributed by atoms with van der Waals surface area (Å²) in [6, 6.07) is -0.0774. The van der Waals surface area contributed by atoms with E-state index in [4.69, 9.17) is 16.2 Å². The lowest BCUT2D eigenvalue weighted by Crippen LogP contribution is -2.37. The zero-order chi connectivity index (χ0) is 8.97. The van der Waals surface area contributed by atoms with Gasteiger partial charge in [0.15, 0.2) is 0 Å². The van der Waals surface area contributed by atoms with Crippen LogP contribution in [0.4, 0.5) is 0 Å². The molecule has 0 aromatic heterocycles. The molecule has 0 aromatic carbocycles. The van der Waals surface area contributed by atoms with Crippen molar-refractivity contribution in [2.24, 2.45) is 17.4 Å². The van der Waals surface area contributed by atoms with Crippen molar-refractivity contribution in [1.82, 2.24) is 0 Å². The summed E-state index contributed by atoms with van der Waals surface area (Å²) >= 11 is 0. The predicted octanol–water partition coefficient (Wildman–Crippen LogP) is 0.0375. The number of carbonyl (C=O) groups excluding carboxylic acids is 1. The number of amides is 1. The highest BCUT2D eigenvalue weighted by atomic mass is 35.5. The van der Waals surface area contributed by atoms with E-state index in [0.717, 1.165) is 26.1 Å². The van der Waals surface area contributed by atoms with E-state index >= 15 is 0 Å². The molecule has 0 aromatic rings. The minimum Gasteiger partial charge on any atom is -0.381 e. The van der Waals surface area contributed by atoms with Crippen LogP contribution in [0.25, 0.3) is 0 Å². The molecule has 13 heavy (non-hydrogen) atoms. The van der Waals surface area contributed by atoms with Crippen molar-refractivity contribution in [3.05, 3.63) is 0 Å². The number of carbonyl (C=O) groups is 1. The summed E-state index contributed by atoms with van der Waals surface area (Å²) in [5.74, 6) is 0.0974. The molecule has 0 spiro atoms. The molecular formula is C8H17ClN2O2. The van der Waals surface area contributed by atoms with Gasteiger partial charge in [0.25, 0.3) is 0 Å². The van der Waals surface area contributed by atoms with Gasteiger partial charge in [0.05, 0.1) is 0 Å². The van der Waals surface area contributed by atoms with Gasteiger partial charge in [-0.25, -0.2) is 0 Å². The fourth-order valence-corrected chi connectivity index (χ4v) is 1.54. The Morgan fingerprint density at radius 3 is 2.46 bits per heavy atom. The summed E-state index contributed by atoms with van der Waals surface area (Å²) in [7, 11) is 0. The van der Waals surface area contributed by atoms with Crippen LogP contribution in [0.15, 0.2) is 0 Å². The Kier molecular flexibility index (Phi) is 6.03. The summed E-state index contributed by atoms with van der Waals surface area (Å²) in [5.41, 5.74) is 10.8. The molecule has 5 heteroatoms. The molecule has 1 unspecified atom stereocenters. The molecule has 0 radical (unpaired) electrons. The van der Waals surface area contributed by atoms with E-state index in [1.807, 2.05) is 0 Å². The molecular weight excluding hydrogens is 192 g/mol. The first-order valence-corrected chi connectivity index (χ1v) is 4.32. The molecule has 1 aliphatic heterocycles. The second-order valence-corrected chi connectivity index (χ2v) is 3.28. The maximum atomic E-state index is 10.6. The third kappa shape index (κ3) is 4.45.